The fourth-order valence-electron chi connectivity index (χ4n) is 2.55. The van der Waals surface area contributed by atoms with Crippen LogP contribution in [0.15, 0.2) is 25.3 Å². The first-order valence-electron chi connectivity index (χ1n) is 7.24. The Kier molecular flexibility index (Phi) is 5.43. The summed E-state index contributed by atoms with van der Waals surface area (Å²) in [5.41, 5.74) is 3.12. The van der Waals surface area contributed by atoms with E-state index in [1.54, 1.807) is 0 Å². The Morgan fingerprint density at radius 3 is 2.20 bits per heavy atom. The Balaban J connectivity index is 3.01. The van der Waals surface area contributed by atoms with Gasteiger partial charge in [0.15, 0.2) is 5.79 Å². The van der Waals surface area contributed by atoms with E-state index in [0.717, 1.165) is 19.3 Å². The fourth-order valence-corrected chi connectivity index (χ4v) is 3.14. The molecule has 1 aliphatic heterocycles. The molecule has 1 heterocycles. The topological polar surface area (TPSA) is 18.5 Å². The highest BCUT2D eigenvalue weighted by atomic mass is 28.3. The van der Waals surface area contributed by atoms with E-state index in [0.29, 0.717) is 0 Å². The van der Waals surface area contributed by atoms with Gasteiger partial charge in [-0.25, -0.2) is 0 Å². The molecule has 0 aliphatic carbocycles. The van der Waals surface area contributed by atoms with Crippen LogP contribution in [-0.4, -0.2) is 25.6 Å². The van der Waals surface area contributed by atoms with E-state index in [1.807, 2.05) is 26.0 Å². The summed E-state index contributed by atoms with van der Waals surface area (Å²) in [6.45, 7) is 18.3. The van der Waals surface area contributed by atoms with Crippen molar-refractivity contribution in [1.82, 2.24) is 0 Å². The van der Waals surface area contributed by atoms with Gasteiger partial charge < -0.3 is 9.47 Å². The maximum absolute atomic E-state index is 6.18. The van der Waals surface area contributed by atoms with Gasteiger partial charge in [-0.05, 0) is 26.7 Å². The minimum Gasteiger partial charge on any atom is -0.343 e. The van der Waals surface area contributed by atoms with Crippen molar-refractivity contribution in [3.8, 4) is 11.5 Å². The van der Waals surface area contributed by atoms with Crippen molar-refractivity contribution >= 4 is 8.07 Å². The second-order valence-electron chi connectivity index (χ2n) is 7.00. The summed E-state index contributed by atoms with van der Waals surface area (Å²) in [7, 11) is -1.39. The Morgan fingerprint density at radius 2 is 1.75 bits per heavy atom. The van der Waals surface area contributed by atoms with Gasteiger partial charge in [0, 0.05) is 6.42 Å². The van der Waals surface area contributed by atoms with E-state index in [4.69, 9.17) is 9.47 Å². The van der Waals surface area contributed by atoms with Crippen LogP contribution in [0.4, 0.5) is 0 Å². The largest absolute Gasteiger partial charge is 0.343 e. The molecule has 0 saturated carbocycles. The summed E-state index contributed by atoms with van der Waals surface area (Å²) in [5.74, 6) is 2.71. The van der Waals surface area contributed by atoms with E-state index in [2.05, 4.69) is 44.3 Å². The molecule has 1 fully saturated rings. The summed E-state index contributed by atoms with van der Waals surface area (Å²) in [4.78, 5) is 0. The molecule has 112 valence electrons. The van der Waals surface area contributed by atoms with Crippen molar-refractivity contribution < 1.29 is 9.47 Å². The van der Waals surface area contributed by atoms with Gasteiger partial charge in [0.1, 0.15) is 14.2 Å². The lowest BCUT2D eigenvalue weighted by atomic mass is 9.87. The summed E-state index contributed by atoms with van der Waals surface area (Å²) in [5, 5.41) is 0. The van der Waals surface area contributed by atoms with E-state index in [-0.39, 0.29) is 11.7 Å². The standard InChI is InChI=1S/C17H28O2Si/c1-8-11-17(12-9-2)14-15(10-13-20(5,6)7)18-16(3,4)19-17/h8-9,15H,1-2,11-12,14H2,3-7H3/t15-/m1/s1. The molecule has 0 bridgehead atoms. The van der Waals surface area contributed by atoms with E-state index in [9.17, 15) is 0 Å². The van der Waals surface area contributed by atoms with Gasteiger partial charge in [-0.1, -0.05) is 37.7 Å². The molecule has 1 atom stereocenters. The van der Waals surface area contributed by atoms with Gasteiger partial charge in [-0.2, -0.15) is 0 Å². The summed E-state index contributed by atoms with van der Waals surface area (Å²) in [6.07, 6.45) is 6.09. The molecule has 1 aliphatic rings. The zero-order valence-corrected chi connectivity index (χ0v) is 14.6. The molecule has 0 N–H and O–H groups in total. The van der Waals surface area contributed by atoms with E-state index in [1.165, 1.54) is 0 Å². The van der Waals surface area contributed by atoms with Crippen LogP contribution in [0.5, 0.6) is 0 Å². The minimum atomic E-state index is -1.39. The number of ether oxygens (including phenoxy) is 2. The molecule has 0 spiro atoms. The molecule has 2 nitrogen and oxygen atoms in total. The maximum Gasteiger partial charge on any atom is 0.165 e. The summed E-state index contributed by atoms with van der Waals surface area (Å²) >= 11 is 0. The van der Waals surface area contributed by atoms with Crippen molar-refractivity contribution in [3.05, 3.63) is 25.3 Å². The van der Waals surface area contributed by atoms with Crippen molar-refractivity contribution in [3.63, 3.8) is 0 Å². The van der Waals surface area contributed by atoms with Crippen LogP contribution in [0.2, 0.25) is 19.6 Å². The van der Waals surface area contributed by atoms with Crippen LogP contribution in [-0.2, 0) is 9.47 Å². The Hall–Kier alpha value is -0.823. The van der Waals surface area contributed by atoms with Crippen LogP contribution in [0.1, 0.15) is 33.1 Å². The van der Waals surface area contributed by atoms with Crippen molar-refractivity contribution in [2.45, 2.75) is 70.2 Å². The lowest BCUT2D eigenvalue weighted by Gasteiger charge is -2.47. The SMILES string of the molecule is C=CCC1(CC=C)C[C@@H](C#C[Si](C)(C)C)OC(C)(C)O1. The third-order valence-electron chi connectivity index (χ3n) is 3.09. The Bertz CT molecular complexity index is 410. The maximum atomic E-state index is 6.18. The zero-order valence-electron chi connectivity index (χ0n) is 13.6. The summed E-state index contributed by atoms with van der Waals surface area (Å²) < 4.78 is 12.2. The molecular weight excluding hydrogens is 264 g/mol. The van der Waals surface area contributed by atoms with Crippen LogP contribution in [0, 0.1) is 11.5 Å². The van der Waals surface area contributed by atoms with Gasteiger partial charge in [-0.15, -0.1) is 18.7 Å². The van der Waals surface area contributed by atoms with Crippen LogP contribution in [0.25, 0.3) is 0 Å². The smallest absolute Gasteiger partial charge is 0.165 e. The fraction of sp³-hybridized carbons (Fsp3) is 0.647. The van der Waals surface area contributed by atoms with Gasteiger partial charge in [0.05, 0.1) is 5.60 Å². The van der Waals surface area contributed by atoms with Gasteiger partial charge >= 0.3 is 0 Å². The predicted octanol–water partition coefficient (Wildman–Crippen LogP) is 4.30. The van der Waals surface area contributed by atoms with Crippen molar-refractivity contribution in [1.29, 1.82) is 0 Å². The lowest BCUT2D eigenvalue weighted by molar-refractivity contribution is -0.322. The molecule has 0 amide bonds. The van der Waals surface area contributed by atoms with Crippen LogP contribution < -0.4 is 0 Å². The zero-order chi connectivity index (χ0) is 15.4. The summed E-state index contributed by atoms with van der Waals surface area (Å²) in [6, 6.07) is 0. The molecule has 0 aromatic rings. The first kappa shape index (κ1) is 17.2. The molecule has 0 unspecified atom stereocenters. The highest BCUT2D eigenvalue weighted by molar-refractivity contribution is 6.83. The molecule has 1 rings (SSSR count). The third-order valence-corrected chi connectivity index (χ3v) is 3.98. The van der Waals surface area contributed by atoms with E-state index < -0.39 is 13.9 Å². The molecule has 1 saturated heterocycles. The van der Waals surface area contributed by atoms with Gasteiger partial charge in [-0.3, -0.25) is 0 Å². The monoisotopic (exact) mass is 292 g/mol. The molecule has 0 radical (unpaired) electrons. The van der Waals surface area contributed by atoms with Crippen LogP contribution in [0.3, 0.4) is 0 Å². The first-order valence-corrected chi connectivity index (χ1v) is 10.7. The van der Waals surface area contributed by atoms with Gasteiger partial charge in [0.2, 0.25) is 0 Å². The normalized spacial score (nSPS) is 24.4. The Labute approximate surface area is 125 Å². The number of rotatable bonds is 4. The number of hydrogen-bond donors (Lipinski definition) is 0. The second-order valence-corrected chi connectivity index (χ2v) is 11.8. The van der Waals surface area contributed by atoms with Crippen molar-refractivity contribution in [2.24, 2.45) is 0 Å². The highest BCUT2D eigenvalue weighted by Gasteiger charge is 2.44. The first-order chi connectivity index (χ1) is 9.11. The molecule has 0 aromatic carbocycles. The minimum absolute atomic E-state index is 0.0784. The lowest BCUT2D eigenvalue weighted by Crippen LogP contribution is -2.51. The third kappa shape index (κ3) is 5.28. The van der Waals surface area contributed by atoms with Crippen molar-refractivity contribution in [2.75, 3.05) is 0 Å². The molecule has 3 heteroatoms. The van der Waals surface area contributed by atoms with E-state index >= 15 is 0 Å². The average molecular weight is 292 g/mol. The molecular formula is C17H28O2Si. The molecule has 20 heavy (non-hydrogen) atoms. The predicted molar refractivity (Wildman–Crippen MR) is 88.1 cm³/mol. The quantitative estimate of drug-likeness (QED) is 0.437. The van der Waals surface area contributed by atoms with Gasteiger partial charge in [0.25, 0.3) is 0 Å². The Morgan fingerprint density at radius 1 is 1.20 bits per heavy atom. The van der Waals surface area contributed by atoms with Crippen LogP contribution >= 0.6 is 0 Å². The molecule has 0 aromatic heterocycles. The highest BCUT2D eigenvalue weighted by Crippen LogP contribution is 2.39. The average Bonchev–Trinajstić information content (AvgIpc) is 2.23. The number of hydrogen-bond acceptors (Lipinski definition) is 2. The second kappa shape index (κ2) is 6.30.